The maximum Gasteiger partial charge on any atom is 0.335 e. The van der Waals surface area contributed by atoms with Crippen LogP contribution in [0.25, 0.3) is 0 Å². The monoisotopic (exact) mass is 476 g/mol. The van der Waals surface area contributed by atoms with Gasteiger partial charge in [0.2, 0.25) is 0 Å². The summed E-state index contributed by atoms with van der Waals surface area (Å²) in [5, 5.41) is 13.9. The van der Waals surface area contributed by atoms with E-state index in [2.05, 4.69) is 10.5 Å². The average molecular weight is 478 g/mol. The van der Waals surface area contributed by atoms with Gasteiger partial charge in [0.15, 0.2) is 5.75 Å². The van der Waals surface area contributed by atoms with Gasteiger partial charge in [-0.1, -0.05) is 46.9 Å². The SMILES string of the molecule is O=C(O)c1ccc(COc2c(Cl)cc(/C=N\NC(=O)c3ccc(Cl)cc3)cc2Cl)cc1. The molecule has 0 aliphatic rings. The van der Waals surface area contributed by atoms with Crippen LogP contribution in [-0.2, 0) is 6.61 Å². The molecule has 6 nitrogen and oxygen atoms in total. The lowest BCUT2D eigenvalue weighted by Gasteiger charge is -2.11. The van der Waals surface area contributed by atoms with E-state index >= 15 is 0 Å². The molecular formula is C22H15Cl3N2O4. The molecule has 9 heteroatoms. The summed E-state index contributed by atoms with van der Waals surface area (Å²) in [6.07, 6.45) is 1.40. The lowest BCUT2D eigenvalue weighted by molar-refractivity contribution is 0.0696. The number of rotatable bonds is 7. The molecule has 3 aromatic rings. The quantitative estimate of drug-likeness (QED) is 0.338. The molecule has 2 N–H and O–H groups in total. The van der Waals surface area contributed by atoms with Crippen molar-refractivity contribution in [3.05, 3.63) is 98.0 Å². The molecule has 0 bridgehead atoms. The number of hydrogen-bond acceptors (Lipinski definition) is 4. The van der Waals surface area contributed by atoms with Crippen molar-refractivity contribution in [1.82, 2.24) is 5.43 Å². The first-order valence-electron chi connectivity index (χ1n) is 8.86. The fraction of sp³-hybridized carbons (Fsp3) is 0.0455. The Morgan fingerprint density at radius 2 is 1.52 bits per heavy atom. The number of benzene rings is 3. The third-order valence-corrected chi connectivity index (χ3v) is 4.90. The summed E-state index contributed by atoms with van der Waals surface area (Å²) < 4.78 is 5.68. The summed E-state index contributed by atoms with van der Waals surface area (Å²) in [6, 6.07) is 15.8. The third kappa shape index (κ3) is 6.21. The summed E-state index contributed by atoms with van der Waals surface area (Å²) in [7, 11) is 0. The van der Waals surface area contributed by atoms with E-state index in [1.54, 1.807) is 48.5 Å². The van der Waals surface area contributed by atoms with Crippen LogP contribution in [0.5, 0.6) is 5.75 Å². The van der Waals surface area contributed by atoms with Gasteiger partial charge in [0, 0.05) is 10.6 Å². The van der Waals surface area contributed by atoms with E-state index < -0.39 is 5.97 Å². The van der Waals surface area contributed by atoms with E-state index in [1.165, 1.54) is 18.3 Å². The Bertz CT molecular complexity index is 1110. The van der Waals surface area contributed by atoms with Gasteiger partial charge >= 0.3 is 5.97 Å². The number of amides is 1. The number of ether oxygens (including phenoxy) is 1. The minimum Gasteiger partial charge on any atom is -0.486 e. The molecule has 1 amide bonds. The zero-order valence-electron chi connectivity index (χ0n) is 15.8. The van der Waals surface area contributed by atoms with Gasteiger partial charge in [0.25, 0.3) is 5.91 Å². The summed E-state index contributed by atoms with van der Waals surface area (Å²) in [4.78, 5) is 22.9. The van der Waals surface area contributed by atoms with Gasteiger partial charge in [-0.15, -0.1) is 0 Å². The van der Waals surface area contributed by atoms with Crippen molar-refractivity contribution in [2.75, 3.05) is 0 Å². The van der Waals surface area contributed by atoms with Crippen LogP contribution in [0.4, 0.5) is 0 Å². The molecule has 0 aliphatic heterocycles. The van der Waals surface area contributed by atoms with Gasteiger partial charge in [0.05, 0.1) is 21.8 Å². The van der Waals surface area contributed by atoms with E-state index in [0.717, 1.165) is 5.56 Å². The minimum atomic E-state index is -1.000. The predicted octanol–water partition coefficient (Wildman–Crippen LogP) is 5.69. The second kappa shape index (κ2) is 10.3. The highest BCUT2D eigenvalue weighted by molar-refractivity contribution is 6.37. The number of carboxylic acid groups (broad SMARTS) is 1. The molecule has 158 valence electrons. The highest BCUT2D eigenvalue weighted by atomic mass is 35.5. The highest BCUT2D eigenvalue weighted by Crippen LogP contribution is 2.34. The number of hydrogen-bond donors (Lipinski definition) is 2. The van der Waals surface area contributed by atoms with Crippen LogP contribution in [0.2, 0.25) is 15.1 Å². The lowest BCUT2D eigenvalue weighted by Crippen LogP contribution is -2.17. The van der Waals surface area contributed by atoms with Crippen molar-refractivity contribution in [2.45, 2.75) is 6.61 Å². The largest absolute Gasteiger partial charge is 0.486 e. The van der Waals surface area contributed by atoms with Crippen LogP contribution in [-0.4, -0.2) is 23.2 Å². The Kier molecular flexibility index (Phi) is 7.52. The van der Waals surface area contributed by atoms with Crippen LogP contribution < -0.4 is 10.2 Å². The van der Waals surface area contributed by atoms with Gasteiger partial charge < -0.3 is 9.84 Å². The molecule has 31 heavy (non-hydrogen) atoms. The Labute approximate surface area is 193 Å². The number of halogens is 3. The molecule has 0 heterocycles. The lowest BCUT2D eigenvalue weighted by atomic mass is 10.1. The van der Waals surface area contributed by atoms with Gasteiger partial charge in [-0.05, 0) is 59.7 Å². The van der Waals surface area contributed by atoms with E-state index in [1.807, 2.05) is 0 Å². The molecule has 0 fully saturated rings. The topological polar surface area (TPSA) is 88.0 Å². The number of hydrazone groups is 1. The van der Waals surface area contributed by atoms with Crippen molar-refractivity contribution in [3.8, 4) is 5.75 Å². The number of nitrogens with zero attached hydrogens (tertiary/aromatic N) is 1. The average Bonchev–Trinajstić information content (AvgIpc) is 2.74. The van der Waals surface area contributed by atoms with Crippen LogP contribution >= 0.6 is 34.8 Å². The molecule has 0 radical (unpaired) electrons. The number of carboxylic acids is 1. The number of carbonyl (C=O) groups excluding carboxylic acids is 1. The van der Waals surface area contributed by atoms with Gasteiger partial charge in [0.1, 0.15) is 6.61 Å². The van der Waals surface area contributed by atoms with Crippen molar-refractivity contribution in [2.24, 2.45) is 5.10 Å². The first-order valence-corrected chi connectivity index (χ1v) is 10.00. The van der Waals surface area contributed by atoms with Crippen LogP contribution in [0, 0.1) is 0 Å². The Morgan fingerprint density at radius 3 is 2.10 bits per heavy atom. The smallest absolute Gasteiger partial charge is 0.335 e. The van der Waals surface area contributed by atoms with Crippen molar-refractivity contribution in [1.29, 1.82) is 0 Å². The summed E-state index contributed by atoms with van der Waals surface area (Å²) in [6.45, 7) is 0.157. The first kappa shape index (κ1) is 22.6. The standard InChI is InChI=1S/C22H15Cl3N2O4/c23-17-7-5-15(6-8-17)21(28)27-26-11-14-9-18(24)20(19(25)10-14)31-12-13-1-3-16(4-2-13)22(29)30/h1-11H,12H2,(H,27,28)(H,29,30)/b26-11-. The highest BCUT2D eigenvalue weighted by Gasteiger charge is 2.10. The fourth-order valence-electron chi connectivity index (χ4n) is 2.52. The minimum absolute atomic E-state index is 0.157. The van der Waals surface area contributed by atoms with E-state index in [4.69, 9.17) is 44.6 Å². The second-order valence-corrected chi connectivity index (χ2v) is 7.56. The predicted molar refractivity (Wildman–Crippen MR) is 121 cm³/mol. The Balaban J connectivity index is 1.62. The molecule has 0 aromatic heterocycles. The fourth-order valence-corrected chi connectivity index (χ4v) is 3.26. The zero-order chi connectivity index (χ0) is 22.4. The molecule has 0 atom stereocenters. The van der Waals surface area contributed by atoms with Crippen LogP contribution in [0.3, 0.4) is 0 Å². The summed E-state index contributed by atoms with van der Waals surface area (Å²) >= 11 is 18.3. The maximum absolute atomic E-state index is 12.0. The molecule has 3 aromatic carbocycles. The van der Waals surface area contributed by atoms with Crippen LogP contribution in [0.15, 0.2) is 65.8 Å². The molecule has 3 rings (SSSR count). The molecule has 0 unspecified atom stereocenters. The van der Waals surface area contributed by atoms with Crippen molar-refractivity contribution in [3.63, 3.8) is 0 Å². The number of aromatic carboxylic acids is 1. The Morgan fingerprint density at radius 1 is 0.935 bits per heavy atom. The van der Waals surface area contributed by atoms with Crippen molar-refractivity contribution < 1.29 is 19.4 Å². The van der Waals surface area contributed by atoms with E-state index in [9.17, 15) is 9.59 Å². The second-order valence-electron chi connectivity index (χ2n) is 6.31. The molecule has 0 spiro atoms. The zero-order valence-corrected chi connectivity index (χ0v) is 18.1. The molecule has 0 aliphatic carbocycles. The maximum atomic E-state index is 12.0. The van der Waals surface area contributed by atoms with E-state index in [-0.39, 0.29) is 33.9 Å². The Hall–Kier alpha value is -3.06. The molecule has 0 saturated carbocycles. The van der Waals surface area contributed by atoms with E-state index in [0.29, 0.717) is 16.1 Å². The van der Waals surface area contributed by atoms with Crippen molar-refractivity contribution >= 4 is 52.9 Å². The van der Waals surface area contributed by atoms with Crippen LogP contribution in [0.1, 0.15) is 31.8 Å². The molecule has 0 saturated heterocycles. The van der Waals surface area contributed by atoms with Gasteiger partial charge in [-0.2, -0.15) is 5.10 Å². The first-order chi connectivity index (χ1) is 14.8. The summed E-state index contributed by atoms with van der Waals surface area (Å²) in [5.41, 5.74) is 4.33. The number of nitrogens with one attached hydrogen (secondary N) is 1. The summed E-state index contributed by atoms with van der Waals surface area (Å²) in [5.74, 6) is -1.10. The van der Waals surface area contributed by atoms with Gasteiger partial charge in [-0.25, -0.2) is 10.2 Å². The third-order valence-electron chi connectivity index (χ3n) is 4.09. The van der Waals surface area contributed by atoms with Gasteiger partial charge in [-0.3, -0.25) is 4.79 Å². The number of carbonyl (C=O) groups is 2. The normalized spacial score (nSPS) is 10.8. The molecular weight excluding hydrogens is 463 g/mol.